The van der Waals surface area contributed by atoms with Crippen molar-refractivity contribution in [1.82, 2.24) is 15.0 Å². The maximum Gasteiger partial charge on any atom is 0.328 e. The smallest absolute Gasteiger partial charge is 0.328 e. The van der Waals surface area contributed by atoms with Gasteiger partial charge in [0.15, 0.2) is 0 Å². The largest absolute Gasteiger partial charge is 0.480 e. The molecular weight excluding hydrogens is 304 g/mol. The lowest BCUT2D eigenvalue weighted by Gasteiger charge is -2.32. The molecule has 0 spiro atoms. The number of nitrogens with two attached hydrogens (primary N) is 1. The highest BCUT2D eigenvalue weighted by Gasteiger charge is 2.39. The van der Waals surface area contributed by atoms with Crippen LogP contribution in [0.2, 0.25) is 0 Å². The van der Waals surface area contributed by atoms with E-state index in [1.54, 1.807) is 23.1 Å². The molecule has 1 aromatic carbocycles. The van der Waals surface area contributed by atoms with Gasteiger partial charge in [0.2, 0.25) is 0 Å². The van der Waals surface area contributed by atoms with Crippen molar-refractivity contribution >= 4 is 5.97 Å². The lowest BCUT2D eigenvalue weighted by molar-refractivity contribution is -0.145. The molecule has 1 heterocycles. The number of rotatable bonds is 5. The Labute approximate surface area is 141 Å². The Morgan fingerprint density at radius 1 is 1.29 bits per heavy atom. The first kappa shape index (κ1) is 16.6. The lowest BCUT2D eigenvalue weighted by Crippen LogP contribution is -2.47. The minimum atomic E-state index is -1.40. The molecule has 3 rings (SSSR count). The van der Waals surface area contributed by atoms with Crippen LogP contribution >= 0.6 is 0 Å². The van der Waals surface area contributed by atoms with E-state index in [1.165, 1.54) is 0 Å². The minimum Gasteiger partial charge on any atom is -0.480 e. The zero-order valence-electron chi connectivity index (χ0n) is 14.4. The summed E-state index contributed by atoms with van der Waals surface area (Å²) < 4.78 is 0. The van der Waals surface area contributed by atoms with Gasteiger partial charge >= 0.3 is 5.97 Å². The van der Waals surface area contributed by atoms with Crippen LogP contribution in [0, 0.1) is 5.41 Å². The van der Waals surface area contributed by atoms with Crippen molar-refractivity contribution in [3.05, 3.63) is 36.0 Å². The highest BCUT2D eigenvalue weighted by atomic mass is 16.4. The van der Waals surface area contributed by atoms with Crippen molar-refractivity contribution in [1.29, 1.82) is 0 Å². The van der Waals surface area contributed by atoms with Crippen LogP contribution in [-0.2, 0) is 10.3 Å². The summed E-state index contributed by atoms with van der Waals surface area (Å²) in [5.41, 5.74) is 6.97. The molecule has 6 heteroatoms. The number of nitrogens with zero attached hydrogens (tertiary/aromatic N) is 3. The zero-order chi connectivity index (χ0) is 17.5. The Balaban J connectivity index is 1.87. The molecule has 1 atom stereocenters. The van der Waals surface area contributed by atoms with Crippen LogP contribution in [0.15, 0.2) is 30.5 Å². The summed E-state index contributed by atoms with van der Waals surface area (Å²) in [4.78, 5) is 13.5. The molecule has 6 nitrogen and oxygen atoms in total. The standard InChI is InChI=1S/C18H24N4O2/c1-17(2,3)11-18(19,16(23)24)13-6-4-12(5-7-13)15-10-20-22(21-15)14-8-9-14/h4-7,10,14H,8-9,11,19H2,1-3H3,(H,23,24). The van der Waals surface area contributed by atoms with Crippen LogP contribution in [0.1, 0.15) is 51.6 Å². The van der Waals surface area contributed by atoms with Gasteiger partial charge in [0.1, 0.15) is 11.2 Å². The van der Waals surface area contributed by atoms with Gasteiger partial charge in [0, 0.05) is 5.56 Å². The summed E-state index contributed by atoms with van der Waals surface area (Å²) in [5, 5.41) is 18.4. The van der Waals surface area contributed by atoms with Gasteiger partial charge in [-0.15, -0.1) is 0 Å². The van der Waals surface area contributed by atoms with Gasteiger partial charge in [-0.2, -0.15) is 15.0 Å². The summed E-state index contributed by atoms with van der Waals surface area (Å²) in [7, 11) is 0. The molecular formula is C18H24N4O2. The number of benzene rings is 1. The van der Waals surface area contributed by atoms with E-state index < -0.39 is 11.5 Å². The van der Waals surface area contributed by atoms with E-state index in [0.717, 1.165) is 24.1 Å². The zero-order valence-corrected chi connectivity index (χ0v) is 14.4. The Kier molecular flexibility index (Phi) is 3.95. The monoisotopic (exact) mass is 328 g/mol. The number of carbonyl (C=O) groups is 1. The molecule has 1 fully saturated rings. The summed E-state index contributed by atoms with van der Waals surface area (Å²) in [6.07, 6.45) is 4.37. The van der Waals surface area contributed by atoms with Gasteiger partial charge in [-0.3, -0.25) is 0 Å². The van der Waals surface area contributed by atoms with E-state index >= 15 is 0 Å². The molecule has 1 aliphatic carbocycles. The third kappa shape index (κ3) is 3.33. The second-order valence-electron chi connectivity index (χ2n) is 7.87. The molecule has 24 heavy (non-hydrogen) atoms. The molecule has 1 saturated carbocycles. The molecule has 128 valence electrons. The van der Waals surface area contributed by atoms with E-state index in [2.05, 4.69) is 10.2 Å². The fraction of sp³-hybridized carbons (Fsp3) is 0.500. The molecule has 0 amide bonds. The van der Waals surface area contributed by atoms with Crippen LogP contribution in [0.4, 0.5) is 0 Å². The van der Waals surface area contributed by atoms with Gasteiger partial charge < -0.3 is 10.8 Å². The fourth-order valence-corrected chi connectivity index (χ4v) is 2.97. The van der Waals surface area contributed by atoms with E-state index in [-0.39, 0.29) is 5.41 Å². The van der Waals surface area contributed by atoms with Gasteiger partial charge in [0.05, 0.1) is 12.2 Å². The molecule has 1 unspecified atom stereocenters. The number of hydrogen-bond acceptors (Lipinski definition) is 4. The third-order valence-electron chi connectivity index (χ3n) is 4.27. The molecule has 1 aliphatic rings. The SMILES string of the molecule is CC(C)(C)CC(N)(C(=O)O)c1ccc(-c2cnn(C3CC3)n2)cc1. The van der Waals surface area contributed by atoms with Crippen LogP contribution in [-0.4, -0.2) is 26.1 Å². The lowest BCUT2D eigenvalue weighted by atomic mass is 9.76. The summed E-state index contributed by atoms with van der Waals surface area (Å²) >= 11 is 0. The van der Waals surface area contributed by atoms with Crippen LogP contribution in [0.25, 0.3) is 11.3 Å². The first-order valence-electron chi connectivity index (χ1n) is 8.24. The number of carboxylic acids is 1. The molecule has 0 bridgehead atoms. The normalized spacial score (nSPS) is 17.5. The highest BCUT2D eigenvalue weighted by Crippen LogP contribution is 2.35. The Morgan fingerprint density at radius 2 is 1.92 bits per heavy atom. The molecule has 0 radical (unpaired) electrons. The molecule has 2 aromatic rings. The Morgan fingerprint density at radius 3 is 2.42 bits per heavy atom. The predicted molar refractivity (Wildman–Crippen MR) is 91.3 cm³/mol. The number of carboxylic acid groups (broad SMARTS) is 1. The van der Waals surface area contributed by atoms with E-state index in [0.29, 0.717) is 18.0 Å². The Bertz CT molecular complexity index is 741. The van der Waals surface area contributed by atoms with Gasteiger partial charge in [0.25, 0.3) is 0 Å². The van der Waals surface area contributed by atoms with Crippen molar-refractivity contribution in [2.75, 3.05) is 0 Å². The van der Waals surface area contributed by atoms with E-state index in [9.17, 15) is 9.90 Å². The second kappa shape index (κ2) is 5.70. The van der Waals surface area contributed by atoms with Gasteiger partial charge in [-0.1, -0.05) is 45.0 Å². The molecule has 0 saturated heterocycles. The van der Waals surface area contributed by atoms with Crippen LogP contribution in [0.5, 0.6) is 0 Å². The molecule has 0 aliphatic heterocycles. The predicted octanol–water partition coefficient (Wildman–Crippen LogP) is 2.95. The maximum absolute atomic E-state index is 11.8. The summed E-state index contributed by atoms with van der Waals surface area (Å²) in [5.74, 6) is -1.01. The summed E-state index contributed by atoms with van der Waals surface area (Å²) in [6.45, 7) is 5.96. The minimum absolute atomic E-state index is 0.196. The summed E-state index contributed by atoms with van der Waals surface area (Å²) in [6, 6.07) is 7.73. The highest BCUT2D eigenvalue weighted by molar-refractivity contribution is 5.81. The average Bonchev–Trinajstić information content (AvgIpc) is 3.23. The van der Waals surface area contributed by atoms with Crippen molar-refractivity contribution in [2.24, 2.45) is 11.1 Å². The number of hydrogen-bond donors (Lipinski definition) is 2. The average molecular weight is 328 g/mol. The van der Waals surface area contributed by atoms with Gasteiger partial charge in [-0.05, 0) is 30.2 Å². The van der Waals surface area contributed by atoms with Crippen LogP contribution < -0.4 is 5.73 Å². The quantitative estimate of drug-likeness (QED) is 0.880. The van der Waals surface area contributed by atoms with Crippen molar-refractivity contribution in [3.8, 4) is 11.3 Å². The maximum atomic E-state index is 11.8. The van der Waals surface area contributed by atoms with Crippen LogP contribution in [0.3, 0.4) is 0 Å². The third-order valence-corrected chi connectivity index (χ3v) is 4.27. The second-order valence-corrected chi connectivity index (χ2v) is 7.87. The van der Waals surface area contributed by atoms with E-state index in [1.807, 2.05) is 32.9 Å². The fourth-order valence-electron chi connectivity index (χ4n) is 2.97. The first-order chi connectivity index (χ1) is 11.2. The van der Waals surface area contributed by atoms with E-state index in [4.69, 9.17) is 5.73 Å². The van der Waals surface area contributed by atoms with Gasteiger partial charge in [-0.25, -0.2) is 4.79 Å². The molecule has 3 N–H and O–H groups in total. The number of aromatic nitrogens is 3. The van der Waals surface area contributed by atoms with Crippen molar-refractivity contribution in [3.63, 3.8) is 0 Å². The first-order valence-corrected chi connectivity index (χ1v) is 8.24. The Hall–Kier alpha value is -2.21. The topological polar surface area (TPSA) is 94.0 Å². The number of aliphatic carboxylic acids is 1. The van der Waals surface area contributed by atoms with Crippen molar-refractivity contribution in [2.45, 2.75) is 51.6 Å². The van der Waals surface area contributed by atoms with Crippen molar-refractivity contribution < 1.29 is 9.90 Å². The molecule has 1 aromatic heterocycles.